The molecule has 1 aromatic carbocycles. The maximum absolute atomic E-state index is 12.6. The lowest BCUT2D eigenvalue weighted by molar-refractivity contribution is -0.124. The first-order valence-corrected chi connectivity index (χ1v) is 8.35. The second-order valence-corrected chi connectivity index (χ2v) is 7.25. The van der Waals surface area contributed by atoms with E-state index in [1.165, 1.54) is 11.1 Å². The topological polar surface area (TPSA) is 41.1 Å². The Bertz CT molecular complexity index is 584. The molecule has 3 aliphatic rings. The molecule has 0 radical (unpaired) electrons. The molecule has 2 fully saturated rings. The van der Waals surface area contributed by atoms with Crippen LogP contribution in [0.5, 0.6) is 0 Å². The lowest BCUT2D eigenvalue weighted by atomic mass is 9.91. The lowest BCUT2D eigenvalue weighted by Crippen LogP contribution is -2.34. The quantitative estimate of drug-likeness (QED) is 0.867. The van der Waals surface area contributed by atoms with Gasteiger partial charge in [0.15, 0.2) is 0 Å². The zero-order valence-corrected chi connectivity index (χ0v) is 14.1. The molecule has 3 nitrogen and oxygen atoms in total. The number of carbonyl (C=O) groups is 1. The molecule has 120 valence electrons. The highest BCUT2D eigenvalue weighted by molar-refractivity contribution is 6.30. The van der Waals surface area contributed by atoms with Crippen LogP contribution in [0.15, 0.2) is 18.2 Å². The third-order valence-corrected chi connectivity index (χ3v) is 5.84. The first-order chi connectivity index (χ1) is 10.2. The van der Waals surface area contributed by atoms with Gasteiger partial charge in [-0.3, -0.25) is 4.79 Å². The predicted octanol–water partition coefficient (Wildman–Crippen LogP) is 3.26. The van der Waals surface area contributed by atoms with Gasteiger partial charge in [0.2, 0.25) is 5.91 Å². The number of hydrogen-bond acceptors (Lipinski definition) is 2. The molecule has 4 rings (SSSR count). The number of nitrogens with one attached hydrogen (secondary N) is 2. The standard InChI is InChI=1S/C17H21ClN2O.ClH/c18-12-2-3-13-11(9-12)1-4-15(13)20-16(21)14-10-17(14)5-7-19-8-6-17;/h2-3,9,14-15,19H,1,4-8,10H2,(H,20,21);1H. The van der Waals surface area contributed by atoms with E-state index in [0.717, 1.165) is 50.2 Å². The minimum Gasteiger partial charge on any atom is -0.349 e. The molecule has 5 heteroatoms. The average Bonchev–Trinajstić information content (AvgIpc) is 3.03. The van der Waals surface area contributed by atoms with E-state index in [-0.39, 0.29) is 30.3 Å². The molecule has 0 bridgehead atoms. The van der Waals surface area contributed by atoms with Crippen molar-refractivity contribution in [3.63, 3.8) is 0 Å². The van der Waals surface area contributed by atoms with Gasteiger partial charge in [0, 0.05) is 10.9 Å². The number of hydrogen-bond donors (Lipinski definition) is 2. The smallest absolute Gasteiger partial charge is 0.224 e. The third-order valence-electron chi connectivity index (χ3n) is 5.60. The molecule has 2 aliphatic carbocycles. The van der Waals surface area contributed by atoms with Gasteiger partial charge >= 0.3 is 0 Å². The Morgan fingerprint density at radius 3 is 2.86 bits per heavy atom. The van der Waals surface area contributed by atoms with E-state index < -0.39 is 0 Å². The van der Waals surface area contributed by atoms with Crippen LogP contribution in [0.1, 0.15) is 42.9 Å². The van der Waals surface area contributed by atoms with Crippen molar-refractivity contribution in [2.75, 3.05) is 13.1 Å². The zero-order chi connectivity index (χ0) is 14.4. The molecule has 22 heavy (non-hydrogen) atoms. The summed E-state index contributed by atoms with van der Waals surface area (Å²) in [7, 11) is 0. The van der Waals surface area contributed by atoms with E-state index >= 15 is 0 Å². The number of benzene rings is 1. The third kappa shape index (κ3) is 2.75. The van der Waals surface area contributed by atoms with Gasteiger partial charge in [0.05, 0.1) is 6.04 Å². The molecule has 2 N–H and O–H groups in total. The highest BCUT2D eigenvalue weighted by atomic mass is 35.5. The van der Waals surface area contributed by atoms with Crippen molar-refractivity contribution in [3.05, 3.63) is 34.3 Å². The van der Waals surface area contributed by atoms with Crippen LogP contribution in [0.2, 0.25) is 5.02 Å². The monoisotopic (exact) mass is 340 g/mol. The van der Waals surface area contributed by atoms with Crippen molar-refractivity contribution in [1.29, 1.82) is 0 Å². The van der Waals surface area contributed by atoms with Gasteiger partial charge in [-0.25, -0.2) is 0 Å². The van der Waals surface area contributed by atoms with Crippen molar-refractivity contribution >= 4 is 29.9 Å². The molecule has 1 amide bonds. The molecule has 2 unspecified atom stereocenters. The second kappa shape index (κ2) is 6.03. The SMILES string of the molecule is Cl.O=C(NC1CCc2cc(Cl)ccc21)C1CC12CCNCC2. The number of rotatable bonds is 2. The highest BCUT2D eigenvalue weighted by Gasteiger charge is 2.57. The van der Waals surface area contributed by atoms with Crippen LogP contribution >= 0.6 is 24.0 Å². The first kappa shape index (κ1) is 16.1. The number of amides is 1. The van der Waals surface area contributed by atoms with Crippen molar-refractivity contribution in [3.8, 4) is 0 Å². The van der Waals surface area contributed by atoms with Crippen LogP contribution in [0.25, 0.3) is 0 Å². The summed E-state index contributed by atoms with van der Waals surface area (Å²) in [5.41, 5.74) is 2.87. The summed E-state index contributed by atoms with van der Waals surface area (Å²) >= 11 is 6.04. The minimum atomic E-state index is 0. The zero-order valence-electron chi connectivity index (χ0n) is 12.5. The summed E-state index contributed by atoms with van der Waals surface area (Å²) in [5, 5.41) is 7.46. The normalized spacial score (nSPS) is 27.9. The largest absolute Gasteiger partial charge is 0.349 e. The van der Waals surface area contributed by atoms with E-state index in [0.29, 0.717) is 5.41 Å². The molecular formula is C17H22Cl2N2O. The molecule has 0 aromatic heterocycles. The van der Waals surface area contributed by atoms with Gasteiger partial charge in [-0.2, -0.15) is 0 Å². The van der Waals surface area contributed by atoms with Crippen molar-refractivity contribution < 1.29 is 4.79 Å². The van der Waals surface area contributed by atoms with E-state index in [9.17, 15) is 4.79 Å². The number of carbonyl (C=O) groups excluding carboxylic acids is 1. The average molecular weight is 341 g/mol. The molecule has 1 spiro atoms. The maximum Gasteiger partial charge on any atom is 0.224 e. The Labute approximate surface area is 142 Å². The Morgan fingerprint density at radius 1 is 1.32 bits per heavy atom. The summed E-state index contributed by atoms with van der Waals surface area (Å²) in [6.07, 6.45) is 5.41. The Morgan fingerprint density at radius 2 is 2.09 bits per heavy atom. The molecular weight excluding hydrogens is 319 g/mol. The van der Waals surface area contributed by atoms with Crippen LogP contribution in [0, 0.1) is 11.3 Å². The fourth-order valence-corrected chi connectivity index (χ4v) is 4.40. The first-order valence-electron chi connectivity index (χ1n) is 7.97. The lowest BCUT2D eigenvalue weighted by Gasteiger charge is -2.23. The molecule has 1 heterocycles. The van der Waals surface area contributed by atoms with Crippen molar-refractivity contribution in [1.82, 2.24) is 10.6 Å². The Hall–Kier alpha value is -0.770. The molecule has 1 aliphatic heterocycles. The second-order valence-electron chi connectivity index (χ2n) is 6.81. The van der Waals surface area contributed by atoms with Crippen LogP contribution in [0.3, 0.4) is 0 Å². The number of fused-ring (bicyclic) bond motifs is 1. The Kier molecular flexibility index (Phi) is 4.41. The fourth-order valence-electron chi connectivity index (χ4n) is 4.20. The predicted molar refractivity (Wildman–Crippen MR) is 90.5 cm³/mol. The molecule has 1 saturated carbocycles. The maximum atomic E-state index is 12.6. The van der Waals surface area contributed by atoms with E-state index in [1.54, 1.807) is 0 Å². The van der Waals surface area contributed by atoms with Crippen LogP contribution in [-0.4, -0.2) is 19.0 Å². The molecule has 1 saturated heterocycles. The van der Waals surface area contributed by atoms with Gasteiger partial charge in [-0.15, -0.1) is 12.4 Å². The highest BCUT2D eigenvalue weighted by Crippen LogP contribution is 2.58. The van der Waals surface area contributed by atoms with Crippen LogP contribution < -0.4 is 10.6 Å². The Balaban J connectivity index is 0.00000144. The van der Waals surface area contributed by atoms with Crippen molar-refractivity contribution in [2.24, 2.45) is 11.3 Å². The van der Waals surface area contributed by atoms with Gasteiger partial charge in [0.25, 0.3) is 0 Å². The number of halogens is 2. The van der Waals surface area contributed by atoms with Crippen molar-refractivity contribution in [2.45, 2.75) is 38.1 Å². The fraction of sp³-hybridized carbons (Fsp3) is 0.588. The summed E-state index contributed by atoms with van der Waals surface area (Å²) in [6, 6.07) is 6.22. The summed E-state index contributed by atoms with van der Waals surface area (Å²) in [6.45, 7) is 2.13. The number of aryl methyl sites for hydroxylation is 1. The van der Waals surface area contributed by atoms with Crippen LogP contribution in [0.4, 0.5) is 0 Å². The van der Waals surface area contributed by atoms with Gasteiger partial charge in [-0.05, 0) is 73.9 Å². The number of piperidine rings is 1. The van der Waals surface area contributed by atoms with E-state index in [4.69, 9.17) is 11.6 Å². The van der Waals surface area contributed by atoms with Crippen LogP contribution in [-0.2, 0) is 11.2 Å². The summed E-state index contributed by atoms with van der Waals surface area (Å²) in [5.74, 6) is 0.514. The molecule has 2 atom stereocenters. The summed E-state index contributed by atoms with van der Waals surface area (Å²) < 4.78 is 0. The summed E-state index contributed by atoms with van der Waals surface area (Å²) in [4.78, 5) is 12.6. The molecule has 1 aromatic rings. The van der Waals surface area contributed by atoms with Gasteiger partial charge in [-0.1, -0.05) is 17.7 Å². The van der Waals surface area contributed by atoms with E-state index in [2.05, 4.69) is 16.7 Å². The van der Waals surface area contributed by atoms with Gasteiger partial charge in [0.1, 0.15) is 0 Å². The minimum absolute atomic E-state index is 0. The van der Waals surface area contributed by atoms with E-state index in [1.807, 2.05) is 12.1 Å². The van der Waals surface area contributed by atoms with Gasteiger partial charge < -0.3 is 10.6 Å².